The molecule has 0 aromatic carbocycles. The van der Waals surface area contributed by atoms with Crippen molar-refractivity contribution in [3.05, 3.63) is 54.1 Å². The monoisotopic (exact) mass is 399 g/mol. The number of nitriles is 1. The number of aromatic nitrogens is 5. The highest BCUT2D eigenvalue weighted by atomic mass is 16.3. The molecule has 0 amide bonds. The van der Waals surface area contributed by atoms with Crippen LogP contribution in [0.25, 0.3) is 22.2 Å². The Labute approximate surface area is 173 Å². The van der Waals surface area contributed by atoms with Crippen molar-refractivity contribution in [1.29, 1.82) is 5.26 Å². The molecule has 0 radical (unpaired) electrons. The Kier molecular flexibility index (Phi) is 4.59. The van der Waals surface area contributed by atoms with Crippen LogP contribution < -0.4 is 0 Å². The van der Waals surface area contributed by atoms with Crippen LogP contribution in [0, 0.1) is 18.3 Å². The quantitative estimate of drug-likeness (QED) is 0.498. The molecule has 8 heteroatoms. The van der Waals surface area contributed by atoms with Gasteiger partial charge in [0.15, 0.2) is 11.7 Å². The molecule has 0 aliphatic heterocycles. The summed E-state index contributed by atoms with van der Waals surface area (Å²) in [5.41, 5.74) is 3.88. The van der Waals surface area contributed by atoms with E-state index < -0.39 is 5.54 Å². The lowest BCUT2D eigenvalue weighted by Crippen LogP contribution is -2.24. The molecule has 0 saturated heterocycles. The Morgan fingerprint density at radius 1 is 1.30 bits per heavy atom. The molecule has 150 valence electrons. The second kappa shape index (κ2) is 7.12. The minimum Gasteiger partial charge on any atom is -0.494 e. The van der Waals surface area contributed by atoms with Gasteiger partial charge in [0, 0.05) is 35.6 Å². The fourth-order valence-electron chi connectivity index (χ4n) is 3.29. The van der Waals surface area contributed by atoms with Crippen LogP contribution in [-0.2, 0) is 5.54 Å². The van der Waals surface area contributed by atoms with Crippen molar-refractivity contribution in [2.45, 2.75) is 33.2 Å². The number of hydrogen-bond donors (Lipinski definition) is 2. The Hall–Kier alpha value is -3.99. The molecule has 0 aliphatic carbocycles. The van der Waals surface area contributed by atoms with Gasteiger partial charge < -0.3 is 10.1 Å². The van der Waals surface area contributed by atoms with Gasteiger partial charge in [-0.05, 0) is 45.4 Å². The van der Waals surface area contributed by atoms with Gasteiger partial charge in [0.25, 0.3) is 0 Å². The topological polar surface area (TPSA) is 116 Å². The molecule has 8 nitrogen and oxygen atoms in total. The summed E-state index contributed by atoms with van der Waals surface area (Å²) in [5.74, 6) is 0.479. The average Bonchev–Trinajstić information content (AvgIpc) is 3.31. The Morgan fingerprint density at radius 2 is 2.10 bits per heavy atom. The van der Waals surface area contributed by atoms with Gasteiger partial charge in [0.2, 0.25) is 0 Å². The van der Waals surface area contributed by atoms with Gasteiger partial charge in [-0.15, -0.1) is 0 Å². The zero-order valence-corrected chi connectivity index (χ0v) is 17.2. The SMILES string of the molecule is CC(=Nc1ccn(C(C)(C)C#N)n1)c1c(O)[nH]c2cnc(-c3cnccc3C)cc12. The molecule has 4 aromatic heterocycles. The standard InChI is InChI=1S/C22H21N7O/c1-13-5-7-24-10-16(13)17-9-15-18(11-25-17)27-21(30)20(15)14(2)26-19-6-8-29(28-19)22(3,4)12-23/h5-11,27,30H,1-4H3. The van der Waals surface area contributed by atoms with Crippen molar-refractivity contribution >= 4 is 22.4 Å². The van der Waals surface area contributed by atoms with Crippen LogP contribution in [0.1, 0.15) is 31.9 Å². The largest absolute Gasteiger partial charge is 0.494 e. The third-order valence-electron chi connectivity index (χ3n) is 5.04. The molecule has 0 saturated carbocycles. The number of aryl methyl sites for hydroxylation is 1. The molecule has 4 heterocycles. The Morgan fingerprint density at radius 3 is 2.83 bits per heavy atom. The predicted molar refractivity (Wildman–Crippen MR) is 115 cm³/mol. The van der Waals surface area contributed by atoms with E-state index in [2.05, 4.69) is 31.1 Å². The number of nitrogens with one attached hydrogen (secondary N) is 1. The molecule has 4 rings (SSSR count). The number of fused-ring (bicyclic) bond motifs is 1. The van der Waals surface area contributed by atoms with Gasteiger partial charge in [0.05, 0.1) is 34.8 Å². The van der Waals surface area contributed by atoms with Gasteiger partial charge in [-0.25, -0.2) is 4.99 Å². The Bertz CT molecular complexity index is 1320. The molecule has 0 unspecified atom stereocenters. The first kappa shape index (κ1) is 19.3. The summed E-state index contributed by atoms with van der Waals surface area (Å²) in [6, 6.07) is 7.79. The summed E-state index contributed by atoms with van der Waals surface area (Å²) < 4.78 is 1.57. The van der Waals surface area contributed by atoms with Gasteiger partial charge in [0.1, 0.15) is 5.54 Å². The van der Waals surface area contributed by atoms with E-state index in [9.17, 15) is 10.4 Å². The maximum Gasteiger partial charge on any atom is 0.198 e. The number of pyridine rings is 2. The first-order chi connectivity index (χ1) is 14.3. The number of aliphatic imine (C=N–C) groups is 1. The molecule has 30 heavy (non-hydrogen) atoms. The highest BCUT2D eigenvalue weighted by Crippen LogP contribution is 2.32. The van der Waals surface area contributed by atoms with Crippen molar-refractivity contribution in [2.75, 3.05) is 0 Å². The Balaban J connectivity index is 1.79. The lowest BCUT2D eigenvalue weighted by atomic mass is 10.0. The zero-order valence-electron chi connectivity index (χ0n) is 17.2. The van der Waals surface area contributed by atoms with Crippen molar-refractivity contribution in [3.63, 3.8) is 0 Å². The first-order valence-electron chi connectivity index (χ1n) is 9.45. The van der Waals surface area contributed by atoms with Crippen LogP contribution in [0.4, 0.5) is 5.82 Å². The van der Waals surface area contributed by atoms with Crippen molar-refractivity contribution < 1.29 is 5.11 Å². The minimum absolute atomic E-state index is 0.0184. The number of aromatic hydroxyl groups is 1. The first-order valence-corrected chi connectivity index (χ1v) is 9.45. The van der Waals surface area contributed by atoms with E-state index in [-0.39, 0.29) is 5.88 Å². The van der Waals surface area contributed by atoms with Crippen molar-refractivity contribution in [1.82, 2.24) is 24.7 Å². The van der Waals surface area contributed by atoms with Crippen LogP contribution in [0.15, 0.2) is 48.0 Å². The number of H-pyrrole nitrogens is 1. The lowest BCUT2D eigenvalue weighted by Gasteiger charge is -2.14. The smallest absolute Gasteiger partial charge is 0.198 e. The number of hydrogen-bond acceptors (Lipinski definition) is 6. The van der Waals surface area contributed by atoms with Gasteiger partial charge >= 0.3 is 0 Å². The average molecular weight is 399 g/mol. The number of nitrogens with zero attached hydrogens (tertiary/aromatic N) is 6. The van der Waals surface area contributed by atoms with E-state index in [0.717, 1.165) is 22.2 Å². The van der Waals surface area contributed by atoms with Crippen LogP contribution in [0.5, 0.6) is 5.88 Å². The van der Waals surface area contributed by atoms with Crippen LogP contribution in [0.2, 0.25) is 0 Å². The molecule has 0 spiro atoms. The molecule has 0 fully saturated rings. The summed E-state index contributed by atoms with van der Waals surface area (Å²) in [4.78, 5) is 16.2. The van der Waals surface area contributed by atoms with E-state index in [1.807, 2.05) is 26.0 Å². The fraction of sp³-hybridized carbons (Fsp3) is 0.227. The minimum atomic E-state index is -0.771. The molecule has 0 atom stereocenters. The fourth-order valence-corrected chi connectivity index (χ4v) is 3.29. The molecular weight excluding hydrogens is 378 g/mol. The van der Waals surface area contributed by atoms with Gasteiger partial charge in [-0.2, -0.15) is 10.4 Å². The van der Waals surface area contributed by atoms with Gasteiger partial charge in [-0.3, -0.25) is 14.6 Å². The van der Waals surface area contributed by atoms with Crippen LogP contribution in [0.3, 0.4) is 0 Å². The van der Waals surface area contributed by atoms with Crippen LogP contribution >= 0.6 is 0 Å². The molecule has 0 aliphatic rings. The van der Waals surface area contributed by atoms with Crippen LogP contribution in [-0.4, -0.2) is 35.6 Å². The maximum atomic E-state index is 10.5. The molecule has 4 aromatic rings. The molecule has 2 N–H and O–H groups in total. The predicted octanol–water partition coefficient (Wildman–Crippen LogP) is 4.23. The summed E-state index contributed by atoms with van der Waals surface area (Å²) in [6.45, 7) is 7.37. The summed E-state index contributed by atoms with van der Waals surface area (Å²) in [5, 5.41) is 25.0. The third-order valence-corrected chi connectivity index (χ3v) is 5.04. The summed E-state index contributed by atoms with van der Waals surface area (Å²) >= 11 is 0. The highest BCUT2D eigenvalue weighted by Gasteiger charge is 2.21. The van der Waals surface area contributed by atoms with E-state index >= 15 is 0 Å². The second-order valence-electron chi connectivity index (χ2n) is 7.64. The van der Waals surface area contributed by atoms with E-state index in [4.69, 9.17) is 0 Å². The zero-order chi connectivity index (χ0) is 21.5. The number of aromatic amines is 1. The second-order valence-corrected chi connectivity index (χ2v) is 7.64. The lowest BCUT2D eigenvalue weighted by molar-refractivity contribution is 0.419. The van der Waals surface area contributed by atoms with Crippen molar-refractivity contribution in [2.24, 2.45) is 4.99 Å². The maximum absolute atomic E-state index is 10.5. The van der Waals surface area contributed by atoms with Gasteiger partial charge in [-0.1, -0.05) is 0 Å². The van der Waals surface area contributed by atoms with Crippen molar-refractivity contribution in [3.8, 4) is 23.2 Å². The molecular formula is C22H21N7O. The molecule has 0 bridgehead atoms. The third kappa shape index (κ3) is 3.31. The summed E-state index contributed by atoms with van der Waals surface area (Å²) in [7, 11) is 0. The van der Waals surface area contributed by atoms with E-state index in [0.29, 0.717) is 22.6 Å². The highest BCUT2D eigenvalue weighted by molar-refractivity contribution is 6.13. The normalized spacial score (nSPS) is 12.3. The summed E-state index contributed by atoms with van der Waals surface area (Å²) in [6.07, 6.45) is 6.93. The van der Waals surface area contributed by atoms with E-state index in [1.165, 1.54) is 0 Å². The van der Waals surface area contributed by atoms with E-state index in [1.54, 1.807) is 49.4 Å². The number of rotatable bonds is 4.